The molecule has 1 unspecified atom stereocenters. The molecule has 0 fully saturated rings. The Kier molecular flexibility index (Phi) is 7.56. The lowest BCUT2D eigenvalue weighted by molar-refractivity contribution is 0.0507. The monoisotopic (exact) mass is 453 g/mol. The van der Waals surface area contributed by atoms with E-state index in [4.69, 9.17) is 9.15 Å². The van der Waals surface area contributed by atoms with Crippen molar-refractivity contribution in [3.05, 3.63) is 63.4 Å². The Labute approximate surface area is 193 Å². The van der Waals surface area contributed by atoms with E-state index in [0.717, 1.165) is 28.8 Å². The molecule has 3 rings (SSSR count). The average molecular weight is 454 g/mol. The molecule has 0 bridgehead atoms. The Bertz CT molecular complexity index is 1110. The standard InChI is InChI=1S/C26H31NO4S/c1-7-13-30-26(29)23-22(20-11-9-19(10-12-20)15(3)8-2)18(6)32-25(23)27-24(28)21-14-16(4)31-17(21)5/h9-12,14-15H,7-8,13H2,1-6H3,(H,27,28). The Morgan fingerprint density at radius 1 is 1.12 bits per heavy atom. The Hall–Kier alpha value is -2.86. The summed E-state index contributed by atoms with van der Waals surface area (Å²) < 4.78 is 11.0. The van der Waals surface area contributed by atoms with Gasteiger partial charge in [0, 0.05) is 10.4 Å². The molecule has 3 aromatic rings. The zero-order valence-corrected chi connectivity index (χ0v) is 20.4. The van der Waals surface area contributed by atoms with Gasteiger partial charge < -0.3 is 14.5 Å². The van der Waals surface area contributed by atoms with Gasteiger partial charge in [0.2, 0.25) is 0 Å². The minimum Gasteiger partial charge on any atom is -0.466 e. The highest BCUT2D eigenvalue weighted by Crippen LogP contribution is 2.41. The second kappa shape index (κ2) is 10.2. The molecule has 1 aromatic carbocycles. The first-order chi connectivity index (χ1) is 15.3. The molecular weight excluding hydrogens is 422 g/mol. The highest BCUT2D eigenvalue weighted by molar-refractivity contribution is 7.17. The summed E-state index contributed by atoms with van der Waals surface area (Å²) in [6, 6.07) is 10.0. The summed E-state index contributed by atoms with van der Waals surface area (Å²) in [7, 11) is 0. The third-order valence-electron chi connectivity index (χ3n) is 5.62. The van der Waals surface area contributed by atoms with Crippen LogP contribution in [0.2, 0.25) is 0 Å². The Balaban J connectivity index is 2.03. The van der Waals surface area contributed by atoms with E-state index in [-0.39, 0.29) is 5.91 Å². The molecule has 0 aliphatic rings. The van der Waals surface area contributed by atoms with Gasteiger partial charge in [-0.2, -0.15) is 0 Å². The van der Waals surface area contributed by atoms with Crippen molar-refractivity contribution in [3.63, 3.8) is 0 Å². The van der Waals surface area contributed by atoms with Gasteiger partial charge in [-0.15, -0.1) is 11.3 Å². The summed E-state index contributed by atoms with van der Waals surface area (Å²) in [6.45, 7) is 12.2. The van der Waals surface area contributed by atoms with Crippen LogP contribution in [0.1, 0.15) is 82.2 Å². The van der Waals surface area contributed by atoms with E-state index in [9.17, 15) is 9.59 Å². The lowest BCUT2D eigenvalue weighted by Crippen LogP contribution is -2.15. The molecule has 2 aromatic heterocycles. The number of thiophene rings is 1. The Morgan fingerprint density at radius 2 is 1.81 bits per heavy atom. The topological polar surface area (TPSA) is 68.5 Å². The van der Waals surface area contributed by atoms with E-state index < -0.39 is 5.97 Å². The van der Waals surface area contributed by atoms with Crippen molar-refractivity contribution in [1.29, 1.82) is 0 Å². The maximum Gasteiger partial charge on any atom is 0.341 e. The van der Waals surface area contributed by atoms with Crippen LogP contribution in [0, 0.1) is 20.8 Å². The van der Waals surface area contributed by atoms with Crippen LogP contribution in [0.4, 0.5) is 5.00 Å². The number of furan rings is 1. The fourth-order valence-corrected chi connectivity index (χ4v) is 4.74. The van der Waals surface area contributed by atoms with E-state index in [1.54, 1.807) is 19.9 Å². The first-order valence-electron chi connectivity index (χ1n) is 11.1. The van der Waals surface area contributed by atoms with E-state index in [2.05, 4.69) is 31.3 Å². The average Bonchev–Trinajstić information content (AvgIpc) is 3.29. The molecule has 1 atom stereocenters. The van der Waals surface area contributed by atoms with Crippen LogP contribution < -0.4 is 5.32 Å². The van der Waals surface area contributed by atoms with Gasteiger partial charge >= 0.3 is 5.97 Å². The normalized spacial score (nSPS) is 11.9. The number of hydrogen-bond donors (Lipinski definition) is 1. The highest BCUT2D eigenvalue weighted by atomic mass is 32.1. The van der Waals surface area contributed by atoms with Gasteiger partial charge in [-0.25, -0.2) is 4.79 Å². The smallest absolute Gasteiger partial charge is 0.341 e. The second-order valence-corrected chi connectivity index (χ2v) is 9.31. The molecule has 0 aliphatic carbocycles. The van der Waals surface area contributed by atoms with Crippen LogP contribution in [0.25, 0.3) is 11.1 Å². The van der Waals surface area contributed by atoms with Gasteiger partial charge in [-0.05, 0) is 56.7 Å². The van der Waals surface area contributed by atoms with Gasteiger partial charge in [-0.1, -0.05) is 45.0 Å². The maximum absolute atomic E-state index is 13.1. The summed E-state index contributed by atoms with van der Waals surface area (Å²) in [5, 5.41) is 3.42. The fourth-order valence-electron chi connectivity index (χ4n) is 3.68. The van der Waals surface area contributed by atoms with Gasteiger partial charge in [0.05, 0.1) is 12.2 Å². The quantitative estimate of drug-likeness (QED) is 0.364. The van der Waals surface area contributed by atoms with Crippen molar-refractivity contribution in [2.75, 3.05) is 11.9 Å². The van der Waals surface area contributed by atoms with Crippen LogP contribution in [0.3, 0.4) is 0 Å². The van der Waals surface area contributed by atoms with Crippen molar-refractivity contribution >= 4 is 28.2 Å². The number of carbonyl (C=O) groups is 2. The predicted molar refractivity (Wildman–Crippen MR) is 130 cm³/mol. The first kappa shape index (κ1) is 23.8. The molecule has 170 valence electrons. The SMILES string of the molecule is CCCOC(=O)c1c(NC(=O)c2cc(C)oc2C)sc(C)c1-c1ccc(C(C)CC)cc1. The molecule has 0 radical (unpaired) electrons. The minimum absolute atomic E-state index is 0.302. The van der Waals surface area contributed by atoms with Crippen LogP contribution in [-0.2, 0) is 4.74 Å². The van der Waals surface area contributed by atoms with E-state index in [1.165, 1.54) is 16.9 Å². The summed E-state index contributed by atoms with van der Waals surface area (Å²) in [5.74, 6) is 0.957. The number of aryl methyl sites for hydroxylation is 3. The third-order valence-corrected chi connectivity index (χ3v) is 6.64. The number of amides is 1. The van der Waals surface area contributed by atoms with Crippen LogP contribution >= 0.6 is 11.3 Å². The third kappa shape index (κ3) is 4.96. The summed E-state index contributed by atoms with van der Waals surface area (Å²) in [5.41, 5.74) is 3.87. The van der Waals surface area contributed by atoms with Crippen molar-refractivity contribution in [2.24, 2.45) is 0 Å². The van der Waals surface area contributed by atoms with Crippen molar-refractivity contribution in [1.82, 2.24) is 0 Å². The van der Waals surface area contributed by atoms with E-state index in [1.807, 2.05) is 26.0 Å². The second-order valence-electron chi connectivity index (χ2n) is 8.09. The molecule has 32 heavy (non-hydrogen) atoms. The number of esters is 1. The molecule has 0 aliphatic heterocycles. The number of nitrogens with one attached hydrogen (secondary N) is 1. The van der Waals surface area contributed by atoms with Gasteiger partial charge in [0.1, 0.15) is 22.1 Å². The number of hydrogen-bond acceptors (Lipinski definition) is 5. The number of rotatable bonds is 8. The molecule has 0 saturated carbocycles. The molecule has 6 heteroatoms. The molecule has 2 heterocycles. The minimum atomic E-state index is -0.424. The molecule has 0 saturated heterocycles. The lowest BCUT2D eigenvalue weighted by Gasteiger charge is -2.12. The van der Waals surface area contributed by atoms with Crippen molar-refractivity contribution < 1.29 is 18.7 Å². The maximum atomic E-state index is 13.1. The van der Waals surface area contributed by atoms with Crippen molar-refractivity contribution in [3.8, 4) is 11.1 Å². The summed E-state index contributed by atoms with van der Waals surface area (Å²) >= 11 is 1.38. The zero-order valence-electron chi connectivity index (χ0n) is 19.6. The van der Waals surface area contributed by atoms with Crippen LogP contribution in [0.15, 0.2) is 34.7 Å². The zero-order chi connectivity index (χ0) is 23.4. The molecule has 5 nitrogen and oxygen atoms in total. The van der Waals surface area contributed by atoms with Gasteiger partial charge in [0.15, 0.2) is 0 Å². The van der Waals surface area contributed by atoms with Crippen molar-refractivity contribution in [2.45, 2.75) is 60.3 Å². The van der Waals surface area contributed by atoms with E-state index >= 15 is 0 Å². The molecular formula is C26H31NO4S. The number of anilines is 1. The van der Waals surface area contributed by atoms with E-state index in [0.29, 0.717) is 40.2 Å². The van der Waals surface area contributed by atoms with Gasteiger partial charge in [0.25, 0.3) is 5.91 Å². The van der Waals surface area contributed by atoms with Gasteiger partial charge in [-0.3, -0.25) is 4.79 Å². The molecule has 0 spiro atoms. The number of benzene rings is 1. The van der Waals surface area contributed by atoms with Crippen LogP contribution in [0.5, 0.6) is 0 Å². The molecule has 1 N–H and O–H groups in total. The summed E-state index contributed by atoms with van der Waals surface area (Å²) in [4.78, 5) is 26.9. The van der Waals surface area contributed by atoms with Crippen LogP contribution in [-0.4, -0.2) is 18.5 Å². The summed E-state index contributed by atoms with van der Waals surface area (Å²) in [6.07, 6.45) is 1.79. The number of carbonyl (C=O) groups excluding carboxylic acids is 2. The lowest BCUT2D eigenvalue weighted by atomic mass is 9.94. The highest BCUT2D eigenvalue weighted by Gasteiger charge is 2.26. The fraction of sp³-hybridized carbons (Fsp3) is 0.385. The predicted octanol–water partition coefficient (Wildman–Crippen LogP) is 7.27. The molecule has 1 amide bonds. The largest absolute Gasteiger partial charge is 0.466 e. The first-order valence-corrected chi connectivity index (χ1v) is 11.9. The number of ether oxygens (including phenoxy) is 1. The Morgan fingerprint density at radius 3 is 2.38 bits per heavy atom.